The number of rotatable bonds is 6. The first-order chi connectivity index (χ1) is 7.19. The molecule has 1 heterocycles. The van der Waals surface area contributed by atoms with Crippen LogP contribution < -0.4 is 0 Å². The van der Waals surface area contributed by atoms with Gasteiger partial charge in [-0.05, 0) is 12.8 Å². The number of Topliss-reactive ketones (excluding diaryl/α,β-unsaturated/α-hetero) is 1. The van der Waals surface area contributed by atoms with E-state index < -0.39 is 0 Å². The van der Waals surface area contributed by atoms with Crippen molar-refractivity contribution < 1.29 is 4.79 Å². The largest absolute Gasteiger partial charge is 0.335 e. The van der Waals surface area contributed by atoms with E-state index in [0.29, 0.717) is 12.2 Å². The molecule has 1 aromatic rings. The molecule has 0 saturated carbocycles. The molecule has 1 atom stereocenters. The normalized spacial score (nSPS) is 12.7. The fraction of sp³-hybridized carbons (Fsp3) is 0.667. The van der Waals surface area contributed by atoms with Crippen LogP contribution in [0.4, 0.5) is 0 Å². The first-order valence-corrected chi connectivity index (χ1v) is 5.71. The molecule has 1 unspecified atom stereocenters. The van der Waals surface area contributed by atoms with Crippen LogP contribution in [0.2, 0.25) is 0 Å². The Morgan fingerprint density at radius 2 is 2.27 bits per heavy atom. The molecule has 0 bridgehead atoms. The van der Waals surface area contributed by atoms with Gasteiger partial charge in [-0.3, -0.25) is 4.79 Å². The van der Waals surface area contributed by atoms with Crippen LogP contribution in [0.3, 0.4) is 0 Å². The maximum Gasteiger partial charge on any atom is 0.143 e. The number of ketones is 1. The van der Waals surface area contributed by atoms with Gasteiger partial charge in [0.15, 0.2) is 0 Å². The predicted molar refractivity (Wildman–Crippen MR) is 60.7 cm³/mol. The number of hydrogen-bond donors (Lipinski definition) is 0. The van der Waals surface area contributed by atoms with Gasteiger partial charge in [0.25, 0.3) is 0 Å². The highest BCUT2D eigenvalue weighted by molar-refractivity contribution is 5.82. The molecule has 84 valence electrons. The lowest BCUT2D eigenvalue weighted by molar-refractivity contribution is -0.121. The van der Waals surface area contributed by atoms with E-state index in [0.717, 1.165) is 25.2 Å². The number of nitrogens with zero attached hydrogens (tertiary/aromatic N) is 2. The number of aromatic nitrogens is 2. The summed E-state index contributed by atoms with van der Waals surface area (Å²) >= 11 is 0. The second-order valence-corrected chi connectivity index (χ2v) is 3.99. The minimum Gasteiger partial charge on any atom is -0.335 e. The molecule has 0 fully saturated rings. The molecule has 0 aliphatic heterocycles. The Morgan fingerprint density at radius 1 is 1.53 bits per heavy atom. The molecule has 0 amide bonds. The van der Waals surface area contributed by atoms with E-state index in [9.17, 15) is 4.79 Å². The van der Waals surface area contributed by atoms with Gasteiger partial charge >= 0.3 is 0 Å². The van der Waals surface area contributed by atoms with Crippen LogP contribution >= 0.6 is 0 Å². The van der Waals surface area contributed by atoms with Gasteiger partial charge in [0.05, 0.1) is 6.42 Å². The van der Waals surface area contributed by atoms with Gasteiger partial charge in [0, 0.05) is 24.9 Å². The van der Waals surface area contributed by atoms with E-state index >= 15 is 0 Å². The van der Waals surface area contributed by atoms with Crippen LogP contribution in [0.15, 0.2) is 12.4 Å². The lowest BCUT2D eigenvalue weighted by Gasteiger charge is -2.08. The third-order valence-electron chi connectivity index (χ3n) is 2.76. The minimum absolute atomic E-state index is 0.150. The van der Waals surface area contributed by atoms with Gasteiger partial charge in [0.2, 0.25) is 0 Å². The number of carbonyl (C=O) groups excluding carboxylic acids is 1. The average molecular weight is 208 g/mol. The maximum absolute atomic E-state index is 11.7. The van der Waals surface area contributed by atoms with E-state index in [-0.39, 0.29) is 5.92 Å². The van der Waals surface area contributed by atoms with Crippen molar-refractivity contribution >= 4 is 5.78 Å². The van der Waals surface area contributed by atoms with E-state index in [1.165, 1.54) is 0 Å². The fourth-order valence-corrected chi connectivity index (χ4v) is 1.51. The Bertz CT molecular complexity index is 317. The summed E-state index contributed by atoms with van der Waals surface area (Å²) in [5.41, 5.74) is 0. The third-order valence-corrected chi connectivity index (χ3v) is 2.76. The average Bonchev–Trinajstić information content (AvgIpc) is 2.65. The number of imidazole rings is 1. The molecule has 0 saturated heterocycles. The van der Waals surface area contributed by atoms with Crippen molar-refractivity contribution in [2.45, 2.75) is 46.6 Å². The zero-order valence-corrected chi connectivity index (χ0v) is 9.86. The molecule has 1 rings (SSSR count). The van der Waals surface area contributed by atoms with Crippen LogP contribution in [0, 0.1) is 5.92 Å². The smallest absolute Gasteiger partial charge is 0.143 e. The summed E-state index contributed by atoms with van der Waals surface area (Å²) in [6.07, 6.45) is 6.17. The Kier molecular flexibility index (Phi) is 4.53. The summed E-state index contributed by atoms with van der Waals surface area (Å²) < 4.78 is 2.07. The molecular formula is C12H20N2O. The monoisotopic (exact) mass is 208 g/mol. The molecule has 0 aliphatic carbocycles. The Morgan fingerprint density at radius 3 is 2.87 bits per heavy atom. The summed E-state index contributed by atoms with van der Waals surface area (Å²) in [7, 11) is 0. The Hall–Kier alpha value is -1.12. The van der Waals surface area contributed by atoms with Crippen molar-refractivity contribution in [3.8, 4) is 0 Å². The Labute approximate surface area is 91.5 Å². The van der Waals surface area contributed by atoms with E-state index in [2.05, 4.69) is 16.5 Å². The maximum atomic E-state index is 11.7. The Balaban J connectivity index is 2.63. The highest BCUT2D eigenvalue weighted by Crippen LogP contribution is 2.08. The van der Waals surface area contributed by atoms with Crippen LogP contribution in [0.5, 0.6) is 0 Å². The minimum atomic E-state index is 0.150. The highest BCUT2D eigenvalue weighted by atomic mass is 16.1. The van der Waals surface area contributed by atoms with Gasteiger partial charge in [-0.2, -0.15) is 0 Å². The quantitative estimate of drug-likeness (QED) is 0.719. The first kappa shape index (κ1) is 12.0. The third kappa shape index (κ3) is 3.18. The number of aryl methyl sites for hydroxylation is 1. The number of carbonyl (C=O) groups is 1. The molecular weight excluding hydrogens is 188 g/mol. The van der Waals surface area contributed by atoms with Crippen molar-refractivity contribution in [1.82, 2.24) is 9.55 Å². The van der Waals surface area contributed by atoms with Crippen LogP contribution in [-0.2, 0) is 17.8 Å². The van der Waals surface area contributed by atoms with Crippen molar-refractivity contribution in [1.29, 1.82) is 0 Å². The fourth-order valence-electron chi connectivity index (χ4n) is 1.51. The van der Waals surface area contributed by atoms with Crippen LogP contribution in [0.25, 0.3) is 0 Å². The molecule has 15 heavy (non-hydrogen) atoms. The van der Waals surface area contributed by atoms with E-state index in [1.54, 1.807) is 6.20 Å². The van der Waals surface area contributed by atoms with Gasteiger partial charge in [-0.1, -0.05) is 20.8 Å². The van der Waals surface area contributed by atoms with Gasteiger partial charge < -0.3 is 4.57 Å². The zero-order valence-electron chi connectivity index (χ0n) is 9.86. The molecule has 0 aliphatic rings. The zero-order chi connectivity index (χ0) is 11.3. The summed E-state index contributed by atoms with van der Waals surface area (Å²) in [5, 5.41) is 0. The summed E-state index contributed by atoms with van der Waals surface area (Å²) in [4.78, 5) is 16.0. The van der Waals surface area contributed by atoms with E-state index in [1.807, 2.05) is 20.0 Å². The summed E-state index contributed by atoms with van der Waals surface area (Å²) in [6.45, 7) is 7.10. The van der Waals surface area contributed by atoms with Crippen molar-refractivity contribution in [3.63, 3.8) is 0 Å². The van der Waals surface area contributed by atoms with Gasteiger partial charge in [-0.25, -0.2) is 4.98 Å². The summed E-state index contributed by atoms with van der Waals surface area (Å²) in [5.74, 6) is 1.35. The lowest BCUT2D eigenvalue weighted by Crippen LogP contribution is -2.16. The topological polar surface area (TPSA) is 34.9 Å². The second kappa shape index (κ2) is 5.69. The molecule has 0 N–H and O–H groups in total. The second-order valence-electron chi connectivity index (χ2n) is 3.99. The first-order valence-electron chi connectivity index (χ1n) is 5.71. The van der Waals surface area contributed by atoms with Crippen molar-refractivity contribution in [3.05, 3.63) is 18.2 Å². The number of hydrogen-bond acceptors (Lipinski definition) is 2. The molecule has 3 heteroatoms. The molecule has 3 nitrogen and oxygen atoms in total. The highest BCUT2D eigenvalue weighted by Gasteiger charge is 2.14. The van der Waals surface area contributed by atoms with E-state index in [4.69, 9.17) is 0 Å². The van der Waals surface area contributed by atoms with Crippen LogP contribution in [-0.4, -0.2) is 15.3 Å². The molecule has 1 aromatic heterocycles. The summed E-state index contributed by atoms with van der Waals surface area (Å²) in [6, 6.07) is 0. The standard InChI is InChI=1S/C12H20N2O/c1-4-7-14-8-6-13-12(14)9-11(15)10(3)5-2/h6,8,10H,4-5,7,9H2,1-3H3. The van der Waals surface area contributed by atoms with Gasteiger partial charge in [-0.15, -0.1) is 0 Å². The molecule has 0 aromatic carbocycles. The lowest BCUT2D eigenvalue weighted by atomic mass is 10.0. The SMILES string of the molecule is CCCn1ccnc1CC(=O)C(C)CC. The predicted octanol–water partition coefficient (Wildman–Crippen LogP) is 2.45. The van der Waals surface area contributed by atoms with Crippen LogP contribution in [0.1, 0.15) is 39.4 Å². The molecule has 0 spiro atoms. The molecule has 0 radical (unpaired) electrons. The van der Waals surface area contributed by atoms with Gasteiger partial charge in [0.1, 0.15) is 11.6 Å². The van der Waals surface area contributed by atoms with Crippen molar-refractivity contribution in [2.24, 2.45) is 5.92 Å². The van der Waals surface area contributed by atoms with Crippen molar-refractivity contribution in [2.75, 3.05) is 0 Å².